The average molecular weight is 213 g/mol. The Kier molecular flexibility index (Phi) is 3.74. The van der Waals surface area contributed by atoms with E-state index in [4.69, 9.17) is 16.2 Å². The lowest BCUT2D eigenvalue weighted by Gasteiger charge is -2.12. The minimum Gasteiger partial charge on any atom is -0.489 e. The number of nitrogens with two attached hydrogens (primary N) is 2. The monoisotopic (exact) mass is 213 g/mol. The van der Waals surface area contributed by atoms with Gasteiger partial charge < -0.3 is 21.1 Å². The van der Waals surface area contributed by atoms with E-state index in [1.165, 1.54) is 12.1 Å². The first-order valence-corrected chi connectivity index (χ1v) is 4.62. The van der Waals surface area contributed by atoms with Crippen molar-refractivity contribution in [3.8, 4) is 5.75 Å². The summed E-state index contributed by atoms with van der Waals surface area (Å²) >= 11 is 0. The summed E-state index contributed by atoms with van der Waals surface area (Å²) in [7, 11) is 3.83. The quantitative estimate of drug-likeness (QED) is 0.730. The second kappa shape index (κ2) is 4.84. The van der Waals surface area contributed by atoms with Crippen molar-refractivity contribution in [3.63, 3.8) is 0 Å². The summed E-state index contributed by atoms with van der Waals surface area (Å²) in [5, 5.41) is 0. The van der Waals surface area contributed by atoms with Gasteiger partial charge in [-0.15, -0.1) is 0 Å². The number of nitrogen functional groups attached to an aromatic ring is 2. The van der Waals surface area contributed by atoms with E-state index in [-0.39, 0.29) is 11.4 Å². The Balaban J connectivity index is 2.65. The van der Waals surface area contributed by atoms with Crippen LogP contribution in [0.5, 0.6) is 5.75 Å². The van der Waals surface area contributed by atoms with Crippen LogP contribution in [0.2, 0.25) is 0 Å². The van der Waals surface area contributed by atoms with Crippen LogP contribution in [0.1, 0.15) is 0 Å². The molecule has 4 N–H and O–H groups in total. The zero-order valence-electron chi connectivity index (χ0n) is 8.96. The zero-order chi connectivity index (χ0) is 11.4. The topological polar surface area (TPSA) is 64.5 Å². The molecule has 0 spiro atoms. The minimum atomic E-state index is -0.486. The largest absolute Gasteiger partial charge is 0.489 e. The Bertz CT molecular complexity index is 342. The number of benzene rings is 1. The van der Waals surface area contributed by atoms with E-state index in [0.29, 0.717) is 18.8 Å². The van der Waals surface area contributed by atoms with Gasteiger partial charge in [0.25, 0.3) is 0 Å². The molecule has 0 amide bonds. The molecule has 0 bridgehead atoms. The molecule has 0 saturated heterocycles. The van der Waals surface area contributed by atoms with Crippen LogP contribution in [0.4, 0.5) is 15.8 Å². The van der Waals surface area contributed by atoms with Gasteiger partial charge in [-0.1, -0.05) is 0 Å². The summed E-state index contributed by atoms with van der Waals surface area (Å²) in [6.45, 7) is 1.12. The molecule has 0 radical (unpaired) electrons. The van der Waals surface area contributed by atoms with Crippen molar-refractivity contribution in [2.75, 3.05) is 38.7 Å². The van der Waals surface area contributed by atoms with Crippen LogP contribution in [0.3, 0.4) is 0 Å². The molecular weight excluding hydrogens is 197 g/mol. The van der Waals surface area contributed by atoms with E-state index in [1.54, 1.807) is 0 Å². The average Bonchev–Trinajstić information content (AvgIpc) is 2.13. The van der Waals surface area contributed by atoms with E-state index >= 15 is 0 Å². The highest BCUT2D eigenvalue weighted by Crippen LogP contribution is 2.25. The van der Waals surface area contributed by atoms with E-state index in [9.17, 15) is 4.39 Å². The molecule has 0 unspecified atom stereocenters. The van der Waals surface area contributed by atoms with Crippen molar-refractivity contribution in [2.24, 2.45) is 0 Å². The molecule has 0 aliphatic heterocycles. The lowest BCUT2D eigenvalue weighted by Crippen LogP contribution is -2.19. The highest BCUT2D eigenvalue weighted by Gasteiger charge is 2.06. The highest BCUT2D eigenvalue weighted by molar-refractivity contribution is 5.65. The predicted octanol–water partition coefficient (Wildman–Crippen LogP) is 0.930. The summed E-state index contributed by atoms with van der Waals surface area (Å²) in [4.78, 5) is 1.94. The number of rotatable bonds is 4. The lowest BCUT2D eigenvalue weighted by molar-refractivity contribution is 0.252. The molecule has 0 atom stereocenters. The van der Waals surface area contributed by atoms with Gasteiger partial charge in [0, 0.05) is 18.7 Å². The zero-order valence-corrected chi connectivity index (χ0v) is 8.96. The van der Waals surface area contributed by atoms with E-state index in [2.05, 4.69) is 0 Å². The molecular formula is C10H16FN3O. The fraction of sp³-hybridized carbons (Fsp3) is 0.400. The maximum absolute atomic E-state index is 13.3. The van der Waals surface area contributed by atoms with Crippen molar-refractivity contribution in [1.82, 2.24) is 4.90 Å². The standard InChI is InChI=1S/C10H16FN3O/c1-14(2)3-4-15-10-6-9(13)8(12)5-7(10)11/h5-6H,3-4,12-13H2,1-2H3. The Morgan fingerprint density at radius 1 is 1.27 bits per heavy atom. The van der Waals surface area contributed by atoms with Crippen molar-refractivity contribution in [1.29, 1.82) is 0 Å². The van der Waals surface area contributed by atoms with Crippen molar-refractivity contribution in [2.45, 2.75) is 0 Å². The third kappa shape index (κ3) is 3.28. The Hall–Kier alpha value is -1.49. The molecule has 0 aliphatic carbocycles. The van der Waals surface area contributed by atoms with Crippen LogP contribution in [0.25, 0.3) is 0 Å². The van der Waals surface area contributed by atoms with Crippen LogP contribution in [-0.2, 0) is 0 Å². The fourth-order valence-electron chi connectivity index (χ4n) is 1.03. The number of ether oxygens (including phenoxy) is 1. The minimum absolute atomic E-state index is 0.142. The predicted molar refractivity (Wildman–Crippen MR) is 59.3 cm³/mol. The molecule has 0 saturated carbocycles. The first-order chi connectivity index (χ1) is 7.00. The van der Waals surface area contributed by atoms with Crippen molar-refractivity contribution < 1.29 is 9.13 Å². The summed E-state index contributed by atoms with van der Waals surface area (Å²) in [6, 6.07) is 2.57. The molecule has 84 valence electrons. The molecule has 1 aromatic carbocycles. The third-order valence-electron chi connectivity index (χ3n) is 1.93. The van der Waals surface area contributed by atoms with Crippen molar-refractivity contribution >= 4 is 11.4 Å². The van der Waals surface area contributed by atoms with E-state index in [0.717, 1.165) is 0 Å². The smallest absolute Gasteiger partial charge is 0.167 e. The Morgan fingerprint density at radius 3 is 2.47 bits per heavy atom. The van der Waals surface area contributed by atoms with Gasteiger partial charge in [0.15, 0.2) is 11.6 Å². The number of hydrogen-bond acceptors (Lipinski definition) is 4. The lowest BCUT2D eigenvalue weighted by atomic mass is 10.2. The molecule has 5 heteroatoms. The van der Waals surface area contributed by atoms with Gasteiger partial charge in [0.2, 0.25) is 0 Å². The van der Waals surface area contributed by atoms with E-state index < -0.39 is 5.82 Å². The molecule has 15 heavy (non-hydrogen) atoms. The summed E-state index contributed by atoms with van der Waals surface area (Å²) in [6.07, 6.45) is 0. The van der Waals surface area contributed by atoms with Gasteiger partial charge in [-0.05, 0) is 14.1 Å². The molecule has 1 rings (SSSR count). The Labute approximate surface area is 88.6 Å². The van der Waals surface area contributed by atoms with Gasteiger partial charge in [0.05, 0.1) is 11.4 Å². The third-order valence-corrected chi connectivity index (χ3v) is 1.93. The van der Waals surface area contributed by atoms with Crippen LogP contribution < -0.4 is 16.2 Å². The van der Waals surface area contributed by atoms with Gasteiger partial charge >= 0.3 is 0 Å². The SMILES string of the molecule is CN(C)CCOc1cc(N)c(N)cc1F. The second-order valence-electron chi connectivity index (χ2n) is 3.56. The normalized spacial score (nSPS) is 10.7. The number of likely N-dealkylation sites (N-methyl/N-ethyl adjacent to an activating group) is 1. The molecule has 0 fully saturated rings. The van der Waals surface area contributed by atoms with Gasteiger partial charge in [-0.3, -0.25) is 0 Å². The number of hydrogen-bond donors (Lipinski definition) is 2. The van der Waals surface area contributed by atoms with Gasteiger partial charge in [-0.25, -0.2) is 4.39 Å². The first-order valence-electron chi connectivity index (χ1n) is 4.62. The summed E-state index contributed by atoms with van der Waals surface area (Å²) < 4.78 is 18.5. The maximum atomic E-state index is 13.3. The van der Waals surface area contributed by atoms with Crippen molar-refractivity contribution in [3.05, 3.63) is 17.9 Å². The Morgan fingerprint density at radius 2 is 1.87 bits per heavy atom. The number of anilines is 2. The van der Waals surface area contributed by atoms with Crippen LogP contribution >= 0.6 is 0 Å². The van der Waals surface area contributed by atoms with E-state index in [1.807, 2.05) is 19.0 Å². The van der Waals surface area contributed by atoms with Gasteiger partial charge in [0.1, 0.15) is 6.61 Å². The van der Waals surface area contributed by atoms with Crippen LogP contribution in [0, 0.1) is 5.82 Å². The van der Waals surface area contributed by atoms with Crippen LogP contribution in [0.15, 0.2) is 12.1 Å². The molecule has 0 aliphatic rings. The number of halogens is 1. The fourth-order valence-corrected chi connectivity index (χ4v) is 1.03. The first kappa shape index (κ1) is 11.6. The summed E-state index contributed by atoms with van der Waals surface area (Å²) in [5.74, 6) is -0.344. The molecule has 1 aromatic rings. The van der Waals surface area contributed by atoms with Gasteiger partial charge in [-0.2, -0.15) is 0 Å². The molecule has 4 nitrogen and oxygen atoms in total. The molecule has 0 aromatic heterocycles. The molecule has 0 heterocycles. The van der Waals surface area contributed by atoms with Crippen LogP contribution in [-0.4, -0.2) is 32.1 Å². The number of nitrogens with zero attached hydrogens (tertiary/aromatic N) is 1. The maximum Gasteiger partial charge on any atom is 0.167 e. The summed E-state index contributed by atoms with van der Waals surface area (Å²) in [5.41, 5.74) is 11.5. The second-order valence-corrected chi connectivity index (χ2v) is 3.56. The highest BCUT2D eigenvalue weighted by atomic mass is 19.1.